The van der Waals surface area contributed by atoms with Gasteiger partial charge in [0.1, 0.15) is 5.75 Å². The molecular weight excluding hydrogens is 274 g/mol. The first-order valence-electron chi connectivity index (χ1n) is 7.75. The van der Waals surface area contributed by atoms with E-state index < -0.39 is 6.10 Å². The number of rotatable bonds is 6. The van der Waals surface area contributed by atoms with Crippen LogP contribution >= 0.6 is 0 Å². The van der Waals surface area contributed by atoms with Crippen molar-refractivity contribution in [3.8, 4) is 5.75 Å². The average molecular weight is 297 g/mol. The molecule has 1 atom stereocenters. The van der Waals surface area contributed by atoms with Crippen LogP contribution < -0.4 is 10.1 Å². The Hall–Kier alpha value is -2.29. The van der Waals surface area contributed by atoms with Crippen LogP contribution in [0.1, 0.15) is 31.4 Å². The Labute approximate surface area is 132 Å². The number of amides is 1. The molecule has 1 N–H and O–H groups in total. The highest BCUT2D eigenvalue weighted by Crippen LogP contribution is 2.17. The summed E-state index contributed by atoms with van der Waals surface area (Å²) in [5.41, 5.74) is 3.16. The molecule has 0 heterocycles. The van der Waals surface area contributed by atoms with Gasteiger partial charge in [0.2, 0.25) is 0 Å². The lowest BCUT2D eigenvalue weighted by Gasteiger charge is -2.17. The third-order valence-electron chi connectivity index (χ3n) is 3.56. The standard InChI is InChI=1S/C19H23NO2/c1-4-15-9-11-16(12-10-15)20-19(21)18(5-2)22-17-8-6-7-14(3)13-17/h6-13,18H,4-5H2,1-3H3,(H,20,21)/t18-/m1/s1. The van der Waals surface area contributed by atoms with Crippen molar-refractivity contribution in [2.45, 2.75) is 39.7 Å². The minimum absolute atomic E-state index is 0.117. The van der Waals surface area contributed by atoms with Crippen LogP contribution in [0.5, 0.6) is 5.75 Å². The molecule has 0 aliphatic rings. The highest BCUT2D eigenvalue weighted by Gasteiger charge is 2.18. The van der Waals surface area contributed by atoms with E-state index in [0.29, 0.717) is 6.42 Å². The zero-order valence-electron chi connectivity index (χ0n) is 13.4. The summed E-state index contributed by atoms with van der Waals surface area (Å²) in [4.78, 5) is 12.4. The first kappa shape index (κ1) is 16.1. The van der Waals surface area contributed by atoms with Gasteiger partial charge in [-0.25, -0.2) is 0 Å². The molecule has 0 aromatic heterocycles. The van der Waals surface area contributed by atoms with Crippen molar-refractivity contribution < 1.29 is 9.53 Å². The number of benzene rings is 2. The van der Waals surface area contributed by atoms with Crippen LogP contribution in [0.25, 0.3) is 0 Å². The molecule has 22 heavy (non-hydrogen) atoms. The molecule has 2 rings (SSSR count). The van der Waals surface area contributed by atoms with Crippen LogP contribution in [0.3, 0.4) is 0 Å². The normalized spacial score (nSPS) is 11.8. The van der Waals surface area contributed by atoms with Crippen LogP contribution in [0.15, 0.2) is 48.5 Å². The van der Waals surface area contributed by atoms with Gasteiger partial charge in [0.05, 0.1) is 0 Å². The van der Waals surface area contributed by atoms with E-state index in [1.807, 2.05) is 62.4 Å². The van der Waals surface area contributed by atoms with Gasteiger partial charge in [0, 0.05) is 5.69 Å². The first-order chi connectivity index (χ1) is 10.6. The van der Waals surface area contributed by atoms with Gasteiger partial charge < -0.3 is 10.1 Å². The van der Waals surface area contributed by atoms with Crippen LogP contribution in [0.4, 0.5) is 5.69 Å². The van der Waals surface area contributed by atoms with Gasteiger partial charge in [-0.3, -0.25) is 4.79 Å². The summed E-state index contributed by atoms with van der Waals surface area (Å²) in [7, 11) is 0. The Bertz CT molecular complexity index is 620. The van der Waals surface area contributed by atoms with Crippen molar-refractivity contribution >= 4 is 11.6 Å². The maximum atomic E-state index is 12.4. The molecule has 2 aromatic rings. The molecule has 0 unspecified atom stereocenters. The second-order valence-electron chi connectivity index (χ2n) is 5.37. The lowest BCUT2D eigenvalue weighted by atomic mass is 10.1. The van der Waals surface area contributed by atoms with E-state index in [-0.39, 0.29) is 5.91 Å². The summed E-state index contributed by atoms with van der Waals surface area (Å²) in [6, 6.07) is 15.6. The van der Waals surface area contributed by atoms with E-state index in [4.69, 9.17) is 4.74 Å². The first-order valence-corrected chi connectivity index (χ1v) is 7.75. The van der Waals surface area contributed by atoms with E-state index in [0.717, 1.165) is 23.4 Å². The maximum Gasteiger partial charge on any atom is 0.265 e. The number of hydrogen-bond donors (Lipinski definition) is 1. The molecule has 116 valence electrons. The zero-order chi connectivity index (χ0) is 15.9. The summed E-state index contributed by atoms with van der Waals surface area (Å²) in [6.45, 7) is 6.06. The predicted molar refractivity (Wildman–Crippen MR) is 90.3 cm³/mol. The summed E-state index contributed by atoms with van der Waals surface area (Å²) in [5.74, 6) is 0.608. The number of carbonyl (C=O) groups excluding carboxylic acids is 1. The quantitative estimate of drug-likeness (QED) is 0.860. The van der Waals surface area contributed by atoms with Gasteiger partial charge in [-0.05, 0) is 55.2 Å². The Morgan fingerprint density at radius 3 is 2.45 bits per heavy atom. The fourth-order valence-electron chi connectivity index (χ4n) is 2.22. The number of aryl methyl sites for hydroxylation is 2. The van der Waals surface area contributed by atoms with Crippen molar-refractivity contribution in [1.29, 1.82) is 0 Å². The maximum absolute atomic E-state index is 12.4. The van der Waals surface area contributed by atoms with Gasteiger partial charge >= 0.3 is 0 Å². The SMILES string of the molecule is CCc1ccc(NC(=O)[C@@H](CC)Oc2cccc(C)c2)cc1. The molecule has 3 heteroatoms. The summed E-state index contributed by atoms with van der Waals surface area (Å²) in [6.07, 6.45) is 1.11. The molecule has 3 nitrogen and oxygen atoms in total. The molecule has 0 aliphatic heterocycles. The largest absolute Gasteiger partial charge is 0.481 e. The van der Waals surface area contributed by atoms with Crippen LogP contribution in [-0.2, 0) is 11.2 Å². The molecule has 0 saturated carbocycles. The highest BCUT2D eigenvalue weighted by atomic mass is 16.5. The molecule has 0 saturated heterocycles. The predicted octanol–water partition coefficient (Wildman–Crippen LogP) is 4.35. The van der Waals surface area contributed by atoms with Crippen molar-refractivity contribution in [2.24, 2.45) is 0 Å². The minimum Gasteiger partial charge on any atom is -0.481 e. The topological polar surface area (TPSA) is 38.3 Å². The second-order valence-corrected chi connectivity index (χ2v) is 5.37. The van der Waals surface area contributed by atoms with E-state index >= 15 is 0 Å². The van der Waals surface area contributed by atoms with Crippen molar-refractivity contribution in [3.63, 3.8) is 0 Å². The van der Waals surface area contributed by atoms with E-state index in [2.05, 4.69) is 12.2 Å². The third-order valence-corrected chi connectivity index (χ3v) is 3.56. The lowest BCUT2D eigenvalue weighted by molar-refractivity contribution is -0.122. The Morgan fingerprint density at radius 1 is 1.14 bits per heavy atom. The molecular formula is C19H23NO2. The van der Waals surface area contributed by atoms with Crippen molar-refractivity contribution in [2.75, 3.05) is 5.32 Å². The Kier molecular flexibility index (Phi) is 5.59. The van der Waals surface area contributed by atoms with Crippen LogP contribution in [0.2, 0.25) is 0 Å². The second kappa shape index (κ2) is 7.64. The number of ether oxygens (including phenoxy) is 1. The number of anilines is 1. The van der Waals surface area contributed by atoms with Crippen LogP contribution in [0, 0.1) is 6.92 Å². The van der Waals surface area contributed by atoms with Gasteiger partial charge in [-0.2, -0.15) is 0 Å². The Morgan fingerprint density at radius 2 is 1.86 bits per heavy atom. The van der Waals surface area contributed by atoms with Crippen molar-refractivity contribution in [3.05, 3.63) is 59.7 Å². The number of hydrogen-bond acceptors (Lipinski definition) is 2. The number of nitrogens with one attached hydrogen (secondary N) is 1. The monoisotopic (exact) mass is 297 g/mol. The molecule has 0 spiro atoms. The van der Waals surface area contributed by atoms with Gasteiger partial charge in [0.15, 0.2) is 6.10 Å². The molecule has 2 aromatic carbocycles. The van der Waals surface area contributed by atoms with Gasteiger partial charge in [-0.15, -0.1) is 0 Å². The lowest BCUT2D eigenvalue weighted by Crippen LogP contribution is -2.32. The smallest absolute Gasteiger partial charge is 0.265 e. The van der Waals surface area contributed by atoms with Gasteiger partial charge in [-0.1, -0.05) is 38.1 Å². The average Bonchev–Trinajstić information content (AvgIpc) is 2.53. The third kappa shape index (κ3) is 4.35. The molecule has 0 aliphatic carbocycles. The molecule has 0 bridgehead atoms. The molecule has 0 radical (unpaired) electrons. The minimum atomic E-state index is -0.493. The van der Waals surface area contributed by atoms with E-state index in [9.17, 15) is 4.79 Å². The molecule has 1 amide bonds. The molecule has 0 fully saturated rings. The number of carbonyl (C=O) groups is 1. The summed E-state index contributed by atoms with van der Waals surface area (Å²) >= 11 is 0. The fraction of sp³-hybridized carbons (Fsp3) is 0.316. The zero-order valence-corrected chi connectivity index (χ0v) is 13.4. The van der Waals surface area contributed by atoms with Gasteiger partial charge in [0.25, 0.3) is 5.91 Å². The summed E-state index contributed by atoms with van der Waals surface area (Å²) < 4.78 is 5.81. The Balaban J connectivity index is 2.01. The van der Waals surface area contributed by atoms with Crippen LogP contribution in [-0.4, -0.2) is 12.0 Å². The van der Waals surface area contributed by atoms with E-state index in [1.54, 1.807) is 0 Å². The fourth-order valence-corrected chi connectivity index (χ4v) is 2.22. The summed E-state index contributed by atoms with van der Waals surface area (Å²) in [5, 5.41) is 2.92. The highest BCUT2D eigenvalue weighted by molar-refractivity contribution is 5.94. The van der Waals surface area contributed by atoms with Crippen molar-refractivity contribution in [1.82, 2.24) is 0 Å². The van der Waals surface area contributed by atoms with E-state index in [1.165, 1.54) is 5.56 Å².